The number of ether oxygens (including phenoxy) is 1. The van der Waals surface area contributed by atoms with E-state index in [1.807, 2.05) is 48.2 Å². The predicted molar refractivity (Wildman–Crippen MR) is 134 cm³/mol. The maximum atomic E-state index is 13.9. The molecule has 8 nitrogen and oxygen atoms in total. The first-order chi connectivity index (χ1) is 17.6. The van der Waals surface area contributed by atoms with E-state index in [4.69, 9.17) is 9.15 Å². The van der Waals surface area contributed by atoms with Gasteiger partial charge in [-0.05, 0) is 50.3 Å². The van der Waals surface area contributed by atoms with Crippen molar-refractivity contribution in [2.45, 2.75) is 38.3 Å². The number of furan rings is 1. The summed E-state index contributed by atoms with van der Waals surface area (Å²) in [6, 6.07) is 16.8. The van der Waals surface area contributed by atoms with Crippen LogP contribution >= 0.6 is 0 Å². The van der Waals surface area contributed by atoms with Crippen molar-refractivity contribution in [3.05, 3.63) is 78.4 Å². The first kappa shape index (κ1) is 22.3. The normalized spacial score (nSPS) is 20.6. The predicted octanol–water partition coefficient (Wildman–Crippen LogP) is 4.98. The number of benzene rings is 2. The van der Waals surface area contributed by atoms with Crippen LogP contribution in [0, 0.1) is 12.8 Å². The fourth-order valence-electron chi connectivity index (χ4n) is 5.63. The van der Waals surface area contributed by atoms with Gasteiger partial charge in [-0.3, -0.25) is 4.79 Å². The fraction of sp³-hybridized carbons (Fsp3) is 0.286. The molecule has 2 aliphatic rings. The van der Waals surface area contributed by atoms with Gasteiger partial charge in [0.05, 0.1) is 28.9 Å². The third-order valence-electron chi connectivity index (χ3n) is 7.28. The Morgan fingerprint density at radius 2 is 1.97 bits per heavy atom. The molecule has 3 heterocycles. The molecule has 3 atom stereocenters. The van der Waals surface area contributed by atoms with Crippen molar-refractivity contribution < 1.29 is 18.7 Å². The van der Waals surface area contributed by atoms with Gasteiger partial charge in [0.1, 0.15) is 17.2 Å². The van der Waals surface area contributed by atoms with Crippen molar-refractivity contribution in [2.24, 2.45) is 5.92 Å². The highest BCUT2D eigenvalue weighted by atomic mass is 16.6. The maximum Gasteiger partial charge on any atom is 0.412 e. The number of likely N-dealkylation sites (tertiary alicyclic amines) is 1. The standard InChI is InChI=1S/C28H26N4O4/c1-17-29-15-22(26(31-17)18-6-3-2-4-7-18)27(33)32-20-11-10-19(14-20)23(32)16-30-28(34)36-25-9-5-8-24-21(25)12-13-35-24/h2-9,12-13,15,19-20,23H,10-11,14,16H2,1H3,(H,30,34)/t19-,20+,23+/m0/s1. The van der Waals surface area contributed by atoms with Gasteiger partial charge in [-0.15, -0.1) is 0 Å². The Morgan fingerprint density at radius 3 is 2.83 bits per heavy atom. The van der Waals surface area contributed by atoms with E-state index in [0.717, 1.165) is 30.2 Å². The maximum absolute atomic E-state index is 13.9. The smallest absolute Gasteiger partial charge is 0.412 e. The van der Waals surface area contributed by atoms with Gasteiger partial charge in [0.15, 0.2) is 0 Å². The second-order valence-corrected chi connectivity index (χ2v) is 9.41. The number of aromatic nitrogens is 2. The van der Waals surface area contributed by atoms with Gasteiger partial charge >= 0.3 is 6.09 Å². The van der Waals surface area contributed by atoms with Crippen molar-refractivity contribution in [1.82, 2.24) is 20.2 Å². The molecule has 8 heteroatoms. The van der Waals surface area contributed by atoms with Gasteiger partial charge in [-0.25, -0.2) is 14.8 Å². The fourth-order valence-corrected chi connectivity index (χ4v) is 5.63. The molecule has 2 bridgehead atoms. The Morgan fingerprint density at radius 1 is 1.11 bits per heavy atom. The SMILES string of the molecule is Cc1ncc(C(=O)N2[C@@H]3CC[C@@H](C3)[C@H]2CNC(=O)Oc2cccc3occc23)c(-c2ccccc2)n1. The Balaban J connectivity index is 1.21. The molecule has 0 unspecified atom stereocenters. The summed E-state index contributed by atoms with van der Waals surface area (Å²) in [5.41, 5.74) is 2.65. The number of nitrogens with one attached hydrogen (secondary N) is 1. The summed E-state index contributed by atoms with van der Waals surface area (Å²) >= 11 is 0. The van der Waals surface area contributed by atoms with Gasteiger partial charge in [0.2, 0.25) is 0 Å². The molecule has 2 fully saturated rings. The average molecular weight is 483 g/mol. The zero-order chi connectivity index (χ0) is 24.6. The molecule has 182 valence electrons. The third-order valence-corrected chi connectivity index (χ3v) is 7.28. The summed E-state index contributed by atoms with van der Waals surface area (Å²) in [6.07, 6.45) is 5.58. The Bertz CT molecular complexity index is 1430. The van der Waals surface area contributed by atoms with Crippen LogP contribution in [0.1, 0.15) is 35.4 Å². The van der Waals surface area contributed by atoms with E-state index in [1.54, 1.807) is 30.7 Å². The minimum Gasteiger partial charge on any atom is -0.464 e. The molecule has 2 amide bonds. The number of carbonyl (C=O) groups excluding carboxylic acids is 2. The Hall–Kier alpha value is -4.20. The highest BCUT2D eigenvalue weighted by Gasteiger charge is 2.48. The summed E-state index contributed by atoms with van der Waals surface area (Å²) in [6.45, 7) is 2.14. The Kier molecular flexibility index (Phi) is 5.64. The molecular weight excluding hydrogens is 456 g/mol. The van der Waals surface area contributed by atoms with Crippen molar-refractivity contribution in [1.29, 1.82) is 0 Å². The van der Waals surface area contributed by atoms with E-state index in [2.05, 4.69) is 15.3 Å². The van der Waals surface area contributed by atoms with Crippen LogP contribution in [0.3, 0.4) is 0 Å². The molecule has 1 aliphatic carbocycles. The lowest BCUT2D eigenvalue weighted by molar-refractivity contribution is 0.0590. The molecule has 4 aromatic rings. The minimum absolute atomic E-state index is 0.0932. The van der Waals surface area contributed by atoms with Gasteiger partial charge in [0.25, 0.3) is 5.91 Å². The van der Waals surface area contributed by atoms with E-state index in [1.165, 1.54) is 0 Å². The van der Waals surface area contributed by atoms with E-state index >= 15 is 0 Å². The molecule has 6 rings (SSSR count). The first-order valence-corrected chi connectivity index (χ1v) is 12.2. The number of carbonyl (C=O) groups is 2. The number of nitrogens with zero attached hydrogens (tertiary/aromatic N) is 3. The lowest BCUT2D eigenvalue weighted by atomic mass is 9.97. The summed E-state index contributed by atoms with van der Waals surface area (Å²) in [7, 11) is 0. The molecule has 1 N–H and O–H groups in total. The van der Waals surface area contributed by atoms with Crippen molar-refractivity contribution >= 4 is 23.0 Å². The second kappa shape index (κ2) is 9.11. The van der Waals surface area contributed by atoms with Crippen molar-refractivity contribution in [3.63, 3.8) is 0 Å². The first-order valence-electron chi connectivity index (χ1n) is 12.2. The molecule has 1 saturated carbocycles. The number of piperidine rings is 1. The molecule has 0 spiro atoms. The summed E-state index contributed by atoms with van der Waals surface area (Å²) in [5, 5.41) is 3.62. The molecule has 1 aliphatic heterocycles. The quantitative estimate of drug-likeness (QED) is 0.431. The zero-order valence-corrected chi connectivity index (χ0v) is 19.9. The van der Waals surface area contributed by atoms with Crippen LogP contribution in [-0.4, -0.2) is 45.5 Å². The largest absolute Gasteiger partial charge is 0.464 e. The highest BCUT2D eigenvalue weighted by molar-refractivity contribution is 6.00. The lowest BCUT2D eigenvalue weighted by Crippen LogP contribution is -2.50. The topological polar surface area (TPSA) is 97.6 Å². The van der Waals surface area contributed by atoms with E-state index in [0.29, 0.717) is 40.9 Å². The number of hydrogen-bond acceptors (Lipinski definition) is 6. The molecule has 2 aromatic carbocycles. The summed E-state index contributed by atoms with van der Waals surface area (Å²) in [4.78, 5) is 37.4. The number of fused-ring (bicyclic) bond motifs is 3. The molecule has 2 aromatic heterocycles. The molecule has 36 heavy (non-hydrogen) atoms. The number of aryl methyl sites for hydroxylation is 1. The van der Waals surface area contributed by atoms with Gasteiger partial charge in [-0.2, -0.15) is 0 Å². The summed E-state index contributed by atoms with van der Waals surface area (Å²) in [5.74, 6) is 1.29. The number of amides is 2. The van der Waals surface area contributed by atoms with E-state index < -0.39 is 6.09 Å². The van der Waals surface area contributed by atoms with Crippen molar-refractivity contribution in [2.75, 3.05) is 6.54 Å². The highest BCUT2D eigenvalue weighted by Crippen LogP contribution is 2.43. The number of rotatable bonds is 5. The van der Waals surface area contributed by atoms with Crippen LogP contribution in [0.25, 0.3) is 22.2 Å². The third kappa shape index (κ3) is 3.98. The lowest BCUT2D eigenvalue weighted by Gasteiger charge is -2.35. The van der Waals surface area contributed by atoms with Crippen LogP contribution < -0.4 is 10.1 Å². The average Bonchev–Trinajstić information content (AvgIpc) is 3.64. The van der Waals surface area contributed by atoms with Crippen LogP contribution in [0.5, 0.6) is 5.75 Å². The Labute approximate surface area is 208 Å². The summed E-state index contributed by atoms with van der Waals surface area (Å²) < 4.78 is 10.9. The van der Waals surface area contributed by atoms with Crippen LogP contribution in [0.2, 0.25) is 0 Å². The van der Waals surface area contributed by atoms with Crippen LogP contribution in [0.15, 0.2) is 71.5 Å². The van der Waals surface area contributed by atoms with Gasteiger partial charge in [-0.1, -0.05) is 36.4 Å². The van der Waals surface area contributed by atoms with Crippen molar-refractivity contribution in [3.8, 4) is 17.0 Å². The second-order valence-electron chi connectivity index (χ2n) is 9.41. The van der Waals surface area contributed by atoms with Crippen LogP contribution in [-0.2, 0) is 0 Å². The van der Waals surface area contributed by atoms with Gasteiger partial charge in [0, 0.05) is 24.3 Å². The van der Waals surface area contributed by atoms with E-state index in [-0.39, 0.29) is 18.0 Å². The van der Waals surface area contributed by atoms with E-state index in [9.17, 15) is 9.59 Å². The number of hydrogen-bond donors (Lipinski definition) is 1. The minimum atomic E-state index is -0.553. The molecular formula is C28H26N4O4. The molecule has 1 saturated heterocycles. The van der Waals surface area contributed by atoms with Crippen LogP contribution in [0.4, 0.5) is 4.79 Å². The van der Waals surface area contributed by atoms with Gasteiger partial charge < -0.3 is 19.4 Å². The monoisotopic (exact) mass is 482 g/mol. The molecule has 0 radical (unpaired) electrons. The zero-order valence-electron chi connectivity index (χ0n) is 19.9.